The van der Waals surface area contributed by atoms with Crippen molar-refractivity contribution < 1.29 is 9.15 Å². The van der Waals surface area contributed by atoms with Gasteiger partial charge in [0.2, 0.25) is 0 Å². The molecule has 2 rings (SSSR count). The largest absolute Gasteiger partial charge is 0.491 e. The van der Waals surface area contributed by atoms with Gasteiger partial charge in [0.15, 0.2) is 0 Å². The predicted octanol–water partition coefficient (Wildman–Crippen LogP) is 4.63. The summed E-state index contributed by atoms with van der Waals surface area (Å²) in [5, 5.41) is 3.40. The Kier molecular flexibility index (Phi) is 4.50. The standard InChI is InChI=1S/C16H21NO2/c1-4-12(2)19-15-8-5-7-14(11-15)17-13(3)16-9-6-10-18-16/h5-13,17H,4H2,1-3H3. The Morgan fingerprint density at radius 3 is 2.74 bits per heavy atom. The van der Waals surface area contributed by atoms with Crippen molar-refractivity contribution in [3.63, 3.8) is 0 Å². The zero-order chi connectivity index (χ0) is 13.7. The van der Waals surface area contributed by atoms with E-state index in [9.17, 15) is 0 Å². The van der Waals surface area contributed by atoms with Gasteiger partial charge in [-0.25, -0.2) is 0 Å². The van der Waals surface area contributed by atoms with E-state index >= 15 is 0 Å². The summed E-state index contributed by atoms with van der Waals surface area (Å²) in [6.45, 7) is 6.26. The van der Waals surface area contributed by atoms with Gasteiger partial charge in [-0.05, 0) is 44.5 Å². The Morgan fingerprint density at radius 1 is 1.21 bits per heavy atom. The quantitative estimate of drug-likeness (QED) is 0.821. The molecule has 2 aromatic rings. The van der Waals surface area contributed by atoms with Crippen LogP contribution in [-0.2, 0) is 0 Å². The van der Waals surface area contributed by atoms with Crippen LogP contribution in [0, 0.1) is 0 Å². The lowest BCUT2D eigenvalue weighted by Crippen LogP contribution is -2.10. The molecule has 0 aliphatic carbocycles. The van der Waals surface area contributed by atoms with E-state index in [0.717, 1.165) is 23.6 Å². The molecule has 0 saturated carbocycles. The normalized spacial score (nSPS) is 13.8. The van der Waals surface area contributed by atoms with E-state index < -0.39 is 0 Å². The monoisotopic (exact) mass is 259 g/mol. The van der Waals surface area contributed by atoms with E-state index in [1.807, 2.05) is 36.4 Å². The van der Waals surface area contributed by atoms with Gasteiger partial charge in [0.05, 0.1) is 18.4 Å². The molecular weight excluding hydrogens is 238 g/mol. The minimum atomic E-state index is 0.133. The highest BCUT2D eigenvalue weighted by Gasteiger charge is 2.08. The minimum Gasteiger partial charge on any atom is -0.491 e. The third-order valence-electron chi connectivity index (χ3n) is 3.10. The van der Waals surface area contributed by atoms with Gasteiger partial charge >= 0.3 is 0 Å². The van der Waals surface area contributed by atoms with Crippen molar-refractivity contribution in [1.82, 2.24) is 0 Å². The van der Waals surface area contributed by atoms with Crippen LogP contribution in [0.4, 0.5) is 5.69 Å². The first-order valence-electron chi connectivity index (χ1n) is 6.75. The van der Waals surface area contributed by atoms with E-state index in [4.69, 9.17) is 9.15 Å². The SMILES string of the molecule is CCC(C)Oc1cccc(NC(C)c2ccco2)c1. The Bertz CT molecular complexity index is 493. The molecule has 1 aromatic heterocycles. The minimum absolute atomic E-state index is 0.133. The zero-order valence-electron chi connectivity index (χ0n) is 11.7. The molecule has 0 spiro atoms. The lowest BCUT2D eigenvalue weighted by molar-refractivity contribution is 0.217. The number of hydrogen-bond acceptors (Lipinski definition) is 3. The first-order chi connectivity index (χ1) is 9.19. The van der Waals surface area contributed by atoms with Crippen LogP contribution in [-0.4, -0.2) is 6.10 Å². The van der Waals surface area contributed by atoms with Gasteiger partial charge in [0, 0.05) is 11.8 Å². The lowest BCUT2D eigenvalue weighted by atomic mass is 10.2. The number of ether oxygens (including phenoxy) is 1. The molecule has 2 unspecified atom stereocenters. The van der Waals surface area contributed by atoms with Crippen LogP contribution in [0.5, 0.6) is 5.75 Å². The highest BCUT2D eigenvalue weighted by Crippen LogP contribution is 2.23. The molecule has 1 aromatic carbocycles. The van der Waals surface area contributed by atoms with Crippen molar-refractivity contribution in [3.8, 4) is 5.75 Å². The maximum absolute atomic E-state index is 5.81. The maximum Gasteiger partial charge on any atom is 0.125 e. The molecule has 0 bridgehead atoms. The first kappa shape index (κ1) is 13.5. The van der Waals surface area contributed by atoms with Gasteiger partial charge in [-0.15, -0.1) is 0 Å². The number of hydrogen-bond donors (Lipinski definition) is 1. The molecule has 19 heavy (non-hydrogen) atoms. The number of nitrogens with one attached hydrogen (secondary N) is 1. The fraction of sp³-hybridized carbons (Fsp3) is 0.375. The van der Waals surface area contributed by atoms with Gasteiger partial charge in [-0.3, -0.25) is 0 Å². The lowest BCUT2D eigenvalue weighted by Gasteiger charge is -2.16. The van der Waals surface area contributed by atoms with Crippen LogP contribution in [0.1, 0.15) is 39.0 Å². The number of furan rings is 1. The molecule has 0 aliphatic heterocycles. The molecule has 0 amide bonds. The highest BCUT2D eigenvalue weighted by atomic mass is 16.5. The van der Waals surface area contributed by atoms with Crippen molar-refractivity contribution in [2.75, 3.05) is 5.32 Å². The maximum atomic E-state index is 5.81. The highest BCUT2D eigenvalue weighted by molar-refractivity contribution is 5.49. The molecular formula is C16H21NO2. The molecule has 0 saturated heterocycles. The molecule has 1 heterocycles. The molecule has 0 fully saturated rings. The van der Waals surface area contributed by atoms with Crippen molar-refractivity contribution in [2.45, 2.75) is 39.3 Å². The summed E-state index contributed by atoms with van der Waals surface area (Å²) < 4.78 is 11.2. The van der Waals surface area contributed by atoms with Gasteiger partial charge in [0.25, 0.3) is 0 Å². The van der Waals surface area contributed by atoms with E-state index in [1.165, 1.54) is 0 Å². The number of benzene rings is 1. The summed E-state index contributed by atoms with van der Waals surface area (Å²) in [4.78, 5) is 0. The second kappa shape index (κ2) is 6.32. The van der Waals surface area contributed by atoms with Gasteiger partial charge < -0.3 is 14.5 Å². The number of anilines is 1. The molecule has 0 radical (unpaired) electrons. The second-order valence-electron chi connectivity index (χ2n) is 4.75. The van der Waals surface area contributed by atoms with E-state index in [-0.39, 0.29) is 12.1 Å². The van der Waals surface area contributed by atoms with Gasteiger partial charge in [-0.1, -0.05) is 13.0 Å². The summed E-state index contributed by atoms with van der Waals surface area (Å²) >= 11 is 0. The van der Waals surface area contributed by atoms with Crippen LogP contribution in [0.25, 0.3) is 0 Å². The second-order valence-corrected chi connectivity index (χ2v) is 4.75. The molecule has 3 nitrogen and oxygen atoms in total. The van der Waals surface area contributed by atoms with Crippen LogP contribution in [0.3, 0.4) is 0 Å². The number of rotatable bonds is 6. The Labute approximate surface area is 114 Å². The van der Waals surface area contributed by atoms with Gasteiger partial charge in [0.1, 0.15) is 11.5 Å². The zero-order valence-corrected chi connectivity index (χ0v) is 11.7. The van der Waals surface area contributed by atoms with Crippen molar-refractivity contribution in [1.29, 1.82) is 0 Å². The average molecular weight is 259 g/mol. The summed E-state index contributed by atoms with van der Waals surface area (Å²) in [5.41, 5.74) is 1.03. The molecule has 3 heteroatoms. The molecule has 0 aliphatic rings. The fourth-order valence-electron chi connectivity index (χ4n) is 1.83. The smallest absolute Gasteiger partial charge is 0.125 e. The van der Waals surface area contributed by atoms with Crippen molar-refractivity contribution in [2.24, 2.45) is 0 Å². The Hall–Kier alpha value is -1.90. The van der Waals surface area contributed by atoms with Crippen LogP contribution < -0.4 is 10.1 Å². The van der Waals surface area contributed by atoms with Crippen LogP contribution >= 0.6 is 0 Å². The van der Waals surface area contributed by atoms with Crippen LogP contribution in [0.15, 0.2) is 47.1 Å². The molecule has 102 valence electrons. The third-order valence-corrected chi connectivity index (χ3v) is 3.10. The topological polar surface area (TPSA) is 34.4 Å². The van der Waals surface area contributed by atoms with Crippen LogP contribution in [0.2, 0.25) is 0 Å². The summed E-state index contributed by atoms with van der Waals surface area (Å²) in [5.74, 6) is 1.82. The Balaban J connectivity index is 2.02. The van der Waals surface area contributed by atoms with E-state index in [2.05, 4.69) is 26.1 Å². The predicted molar refractivity (Wildman–Crippen MR) is 77.6 cm³/mol. The molecule has 1 N–H and O–H groups in total. The Morgan fingerprint density at radius 2 is 2.05 bits per heavy atom. The summed E-state index contributed by atoms with van der Waals surface area (Å²) in [6, 6.07) is 12.0. The van der Waals surface area contributed by atoms with E-state index in [0.29, 0.717) is 0 Å². The van der Waals surface area contributed by atoms with Crippen molar-refractivity contribution in [3.05, 3.63) is 48.4 Å². The third kappa shape index (κ3) is 3.78. The molecule has 2 atom stereocenters. The van der Waals surface area contributed by atoms with Crippen molar-refractivity contribution >= 4 is 5.69 Å². The fourth-order valence-corrected chi connectivity index (χ4v) is 1.83. The first-order valence-corrected chi connectivity index (χ1v) is 6.75. The van der Waals surface area contributed by atoms with E-state index in [1.54, 1.807) is 6.26 Å². The summed E-state index contributed by atoms with van der Waals surface area (Å²) in [6.07, 6.45) is 2.92. The van der Waals surface area contributed by atoms with Gasteiger partial charge in [-0.2, -0.15) is 0 Å². The summed E-state index contributed by atoms with van der Waals surface area (Å²) in [7, 11) is 0. The average Bonchev–Trinajstić information content (AvgIpc) is 2.93.